The number of rotatable bonds is 7. The summed E-state index contributed by atoms with van der Waals surface area (Å²) in [5.74, 6) is 0.573. The van der Waals surface area contributed by atoms with E-state index in [1.165, 1.54) is 0 Å². The Hall–Kier alpha value is -1.35. The Morgan fingerprint density at radius 3 is 2.52 bits per heavy atom. The summed E-state index contributed by atoms with van der Waals surface area (Å²) in [7, 11) is 0. The summed E-state index contributed by atoms with van der Waals surface area (Å²) in [6.45, 7) is 6.49. The minimum Gasteiger partial charge on any atom is -0.464 e. The molecule has 1 aromatic rings. The van der Waals surface area contributed by atoms with Gasteiger partial charge in [-0.15, -0.1) is 0 Å². The van der Waals surface area contributed by atoms with Crippen LogP contribution < -0.4 is 5.32 Å². The van der Waals surface area contributed by atoms with E-state index in [9.17, 15) is 4.79 Å². The predicted molar refractivity (Wildman–Crippen MR) is 85.3 cm³/mol. The first-order valence-corrected chi connectivity index (χ1v) is 8.08. The van der Waals surface area contributed by atoms with Crippen molar-refractivity contribution in [3.8, 4) is 0 Å². The molecule has 1 saturated carbocycles. The number of carbonyl (C=O) groups excluding carboxylic acids is 1. The first-order chi connectivity index (χ1) is 10.1. The molecule has 1 aliphatic rings. The average Bonchev–Trinajstić information content (AvgIpc) is 2.98. The summed E-state index contributed by atoms with van der Waals surface area (Å²) in [6.07, 6.45) is 4.04. The number of ether oxygens (including phenoxy) is 1. The molecule has 0 aliphatic heterocycles. The van der Waals surface area contributed by atoms with E-state index in [2.05, 4.69) is 31.3 Å². The van der Waals surface area contributed by atoms with Gasteiger partial charge >= 0.3 is 5.97 Å². The highest BCUT2D eigenvalue weighted by Gasteiger charge is 2.43. The standard InChI is InChI=1S/C18H27NO2/c1-15(2)14-19-12-13-21-17(20)18(10-6-7-11-18)16-8-4-3-5-9-16/h3-5,8-9,15,19H,6-7,10-14H2,1-2H3. The van der Waals surface area contributed by atoms with Crippen LogP contribution in [0.15, 0.2) is 30.3 Å². The fraction of sp³-hybridized carbons (Fsp3) is 0.611. The molecule has 116 valence electrons. The lowest BCUT2D eigenvalue weighted by molar-refractivity contribution is -0.150. The van der Waals surface area contributed by atoms with Gasteiger partial charge in [-0.2, -0.15) is 0 Å². The summed E-state index contributed by atoms with van der Waals surface area (Å²) in [6, 6.07) is 10.1. The van der Waals surface area contributed by atoms with Crippen LogP contribution in [-0.2, 0) is 14.9 Å². The largest absolute Gasteiger partial charge is 0.464 e. The smallest absolute Gasteiger partial charge is 0.316 e. The highest BCUT2D eigenvalue weighted by Crippen LogP contribution is 2.42. The van der Waals surface area contributed by atoms with Gasteiger partial charge in [-0.25, -0.2) is 0 Å². The molecular weight excluding hydrogens is 262 g/mol. The molecule has 2 rings (SSSR count). The van der Waals surface area contributed by atoms with Crippen LogP contribution in [-0.4, -0.2) is 25.7 Å². The third-order valence-corrected chi connectivity index (χ3v) is 4.24. The molecule has 0 saturated heterocycles. The SMILES string of the molecule is CC(C)CNCCOC(=O)C1(c2ccccc2)CCCC1. The molecule has 1 aliphatic carbocycles. The summed E-state index contributed by atoms with van der Waals surface area (Å²) < 4.78 is 5.56. The third kappa shape index (κ3) is 4.07. The minimum absolute atomic E-state index is 0.0439. The molecule has 0 radical (unpaired) electrons. The molecule has 3 nitrogen and oxygen atoms in total. The topological polar surface area (TPSA) is 38.3 Å². The van der Waals surface area contributed by atoms with Gasteiger partial charge in [0.25, 0.3) is 0 Å². The number of carbonyl (C=O) groups is 1. The van der Waals surface area contributed by atoms with E-state index in [4.69, 9.17) is 4.74 Å². The van der Waals surface area contributed by atoms with Gasteiger partial charge in [0.1, 0.15) is 6.61 Å². The second-order valence-corrected chi connectivity index (χ2v) is 6.39. The van der Waals surface area contributed by atoms with Gasteiger partial charge in [0.15, 0.2) is 0 Å². The highest BCUT2D eigenvalue weighted by atomic mass is 16.5. The monoisotopic (exact) mass is 289 g/mol. The van der Waals surface area contributed by atoms with E-state index >= 15 is 0 Å². The Labute approximate surface area is 128 Å². The van der Waals surface area contributed by atoms with Crippen molar-refractivity contribution in [1.29, 1.82) is 0 Å². The molecule has 0 bridgehead atoms. The Morgan fingerprint density at radius 1 is 1.24 bits per heavy atom. The first-order valence-electron chi connectivity index (χ1n) is 8.08. The van der Waals surface area contributed by atoms with Crippen LogP contribution in [0.4, 0.5) is 0 Å². The second-order valence-electron chi connectivity index (χ2n) is 6.39. The zero-order valence-corrected chi connectivity index (χ0v) is 13.2. The van der Waals surface area contributed by atoms with Gasteiger partial charge in [-0.05, 0) is 30.9 Å². The number of hydrogen-bond donors (Lipinski definition) is 1. The van der Waals surface area contributed by atoms with Crippen LogP contribution in [0.3, 0.4) is 0 Å². The van der Waals surface area contributed by atoms with Crippen LogP contribution in [0, 0.1) is 5.92 Å². The Bertz CT molecular complexity index is 436. The normalized spacial score (nSPS) is 17.1. The van der Waals surface area contributed by atoms with Gasteiger partial charge in [0.05, 0.1) is 5.41 Å². The van der Waals surface area contributed by atoms with E-state index < -0.39 is 5.41 Å². The molecule has 1 N–H and O–H groups in total. The second kappa shape index (κ2) is 7.60. The molecule has 0 amide bonds. The summed E-state index contributed by atoms with van der Waals surface area (Å²) >= 11 is 0. The molecule has 0 atom stereocenters. The fourth-order valence-corrected chi connectivity index (χ4v) is 3.09. The minimum atomic E-state index is -0.403. The van der Waals surface area contributed by atoms with Crippen LogP contribution >= 0.6 is 0 Å². The lowest BCUT2D eigenvalue weighted by Gasteiger charge is -2.27. The van der Waals surface area contributed by atoms with Crippen molar-refractivity contribution >= 4 is 5.97 Å². The van der Waals surface area contributed by atoms with Crippen LogP contribution in [0.5, 0.6) is 0 Å². The van der Waals surface area contributed by atoms with Crippen LogP contribution in [0.1, 0.15) is 45.1 Å². The van der Waals surface area contributed by atoms with E-state index in [1.807, 2.05) is 18.2 Å². The van der Waals surface area contributed by atoms with E-state index in [1.54, 1.807) is 0 Å². The maximum Gasteiger partial charge on any atom is 0.316 e. The quantitative estimate of drug-likeness (QED) is 0.618. The summed E-state index contributed by atoms with van der Waals surface area (Å²) in [5.41, 5.74) is 0.710. The summed E-state index contributed by atoms with van der Waals surface area (Å²) in [5, 5.41) is 3.31. The Balaban J connectivity index is 1.91. The van der Waals surface area contributed by atoms with Gasteiger partial charge in [0.2, 0.25) is 0 Å². The molecule has 21 heavy (non-hydrogen) atoms. The number of hydrogen-bond acceptors (Lipinski definition) is 3. The molecule has 0 spiro atoms. The van der Waals surface area contributed by atoms with E-state index in [0.29, 0.717) is 12.5 Å². The molecule has 3 heteroatoms. The van der Waals surface area contributed by atoms with Crippen molar-refractivity contribution < 1.29 is 9.53 Å². The van der Waals surface area contributed by atoms with Crippen molar-refractivity contribution in [1.82, 2.24) is 5.32 Å². The van der Waals surface area contributed by atoms with Crippen molar-refractivity contribution in [2.45, 2.75) is 44.9 Å². The van der Waals surface area contributed by atoms with Gasteiger partial charge < -0.3 is 10.1 Å². The zero-order chi connectivity index (χ0) is 15.1. The number of nitrogens with one attached hydrogen (secondary N) is 1. The van der Waals surface area contributed by atoms with Crippen LogP contribution in [0.2, 0.25) is 0 Å². The molecule has 1 fully saturated rings. The van der Waals surface area contributed by atoms with Crippen molar-refractivity contribution in [2.75, 3.05) is 19.7 Å². The maximum absolute atomic E-state index is 12.6. The lowest BCUT2D eigenvalue weighted by atomic mass is 9.79. The van der Waals surface area contributed by atoms with Crippen LogP contribution in [0.25, 0.3) is 0 Å². The Kier molecular flexibility index (Phi) is 5.80. The zero-order valence-electron chi connectivity index (χ0n) is 13.2. The number of benzene rings is 1. The highest BCUT2D eigenvalue weighted by molar-refractivity contribution is 5.83. The van der Waals surface area contributed by atoms with Gasteiger partial charge in [0, 0.05) is 6.54 Å². The first kappa shape index (κ1) is 16.0. The molecule has 0 aromatic heterocycles. The molecule has 1 aromatic carbocycles. The third-order valence-electron chi connectivity index (χ3n) is 4.24. The van der Waals surface area contributed by atoms with Gasteiger partial charge in [-0.1, -0.05) is 57.0 Å². The van der Waals surface area contributed by atoms with Gasteiger partial charge in [-0.3, -0.25) is 4.79 Å². The average molecular weight is 289 g/mol. The van der Waals surface area contributed by atoms with E-state index in [0.717, 1.165) is 44.3 Å². The molecule has 0 unspecified atom stereocenters. The lowest BCUT2D eigenvalue weighted by Crippen LogP contribution is -2.36. The van der Waals surface area contributed by atoms with Crippen molar-refractivity contribution in [2.24, 2.45) is 5.92 Å². The summed E-state index contributed by atoms with van der Waals surface area (Å²) in [4.78, 5) is 12.6. The molecular formula is C18H27NO2. The number of esters is 1. The van der Waals surface area contributed by atoms with E-state index in [-0.39, 0.29) is 5.97 Å². The predicted octanol–water partition coefficient (Wildman–Crippen LogP) is 3.29. The van der Waals surface area contributed by atoms with Crippen molar-refractivity contribution in [3.63, 3.8) is 0 Å². The molecule has 0 heterocycles. The Morgan fingerprint density at radius 2 is 1.90 bits per heavy atom. The fourth-order valence-electron chi connectivity index (χ4n) is 3.09. The van der Waals surface area contributed by atoms with Crippen molar-refractivity contribution in [3.05, 3.63) is 35.9 Å². The maximum atomic E-state index is 12.6.